The van der Waals surface area contributed by atoms with Crippen molar-refractivity contribution in [3.05, 3.63) is 48.6 Å². The molecule has 0 aliphatic carbocycles. The van der Waals surface area contributed by atoms with E-state index in [0.717, 1.165) is 38.5 Å². The number of aliphatic hydroxyl groups is 1. The number of phosphoric ester groups is 1. The van der Waals surface area contributed by atoms with Gasteiger partial charge in [-0.2, -0.15) is 0 Å². The largest absolute Gasteiger partial charge is 0.472 e. The number of aliphatic hydroxyl groups excluding tert-OH is 1. The molecule has 328 valence electrons. The number of nitrogens with zero attached hydrogens (tertiary/aromatic N) is 1. The molecule has 9 heteroatoms. The molecule has 3 atom stereocenters. The van der Waals surface area contributed by atoms with Crippen LogP contribution in [0.4, 0.5) is 0 Å². The van der Waals surface area contributed by atoms with Crippen molar-refractivity contribution in [3.8, 4) is 0 Å². The normalized spacial score (nSPS) is 14.8. The zero-order chi connectivity index (χ0) is 41.4. The van der Waals surface area contributed by atoms with E-state index in [1.807, 2.05) is 27.2 Å². The zero-order valence-electron chi connectivity index (χ0n) is 37.1. The second-order valence-electron chi connectivity index (χ2n) is 16.8. The SMILES string of the molecule is CCC/C=C\CCCCCCCC/C=C/[C@@H](O)[C@H](COP(=O)(O)OCC[N+](C)(C)C)NC(=O)CCC/C=C\CC/C=C\CCCCCCCCCCCCCC. The van der Waals surface area contributed by atoms with Crippen LogP contribution in [-0.4, -0.2) is 73.4 Å². The molecule has 1 unspecified atom stereocenters. The molecule has 0 aliphatic rings. The fourth-order valence-electron chi connectivity index (χ4n) is 6.30. The number of carbonyl (C=O) groups is 1. The Balaban J connectivity index is 4.42. The quantitative estimate of drug-likeness (QED) is 0.0246. The Hall–Kier alpha value is -1.54. The zero-order valence-corrected chi connectivity index (χ0v) is 38.0. The van der Waals surface area contributed by atoms with Gasteiger partial charge in [0.05, 0.1) is 39.9 Å². The van der Waals surface area contributed by atoms with Gasteiger partial charge in [-0.05, 0) is 70.6 Å². The lowest BCUT2D eigenvalue weighted by Gasteiger charge is -2.25. The summed E-state index contributed by atoms with van der Waals surface area (Å²) in [6, 6.07) is -0.871. The summed E-state index contributed by atoms with van der Waals surface area (Å²) >= 11 is 0. The molecule has 0 radical (unpaired) electrons. The van der Waals surface area contributed by atoms with Gasteiger partial charge in [0, 0.05) is 6.42 Å². The van der Waals surface area contributed by atoms with Gasteiger partial charge in [0.1, 0.15) is 13.2 Å². The number of amides is 1. The Morgan fingerprint density at radius 2 is 1.02 bits per heavy atom. The van der Waals surface area contributed by atoms with E-state index in [9.17, 15) is 19.4 Å². The maximum atomic E-state index is 12.9. The van der Waals surface area contributed by atoms with Crippen molar-refractivity contribution in [1.29, 1.82) is 0 Å². The maximum absolute atomic E-state index is 12.9. The number of allylic oxidation sites excluding steroid dienone is 7. The smallest absolute Gasteiger partial charge is 0.387 e. The summed E-state index contributed by atoms with van der Waals surface area (Å²) in [5.41, 5.74) is 0. The van der Waals surface area contributed by atoms with Gasteiger partial charge in [-0.15, -0.1) is 0 Å². The molecule has 1 amide bonds. The standard InChI is InChI=1S/C47H89N2O6P/c1-6-8-10-12-14-16-18-20-21-22-23-24-25-26-27-29-31-33-35-37-39-41-47(51)48-45(44-55-56(52,53)54-43-42-49(3,4)5)46(50)40-38-36-34-32-30-28-19-17-15-13-11-9-7-2/h11,13,26-27,33,35,38,40,45-46,50H,6-10,12,14-25,28-32,34,36-37,39,41-44H2,1-5H3,(H-,48,51,52,53)/p+1/b13-11-,27-26-,35-33-,40-38+/t45-,46+/m0/s1. The van der Waals surface area contributed by atoms with E-state index in [4.69, 9.17) is 9.05 Å². The second kappa shape index (κ2) is 38.9. The van der Waals surface area contributed by atoms with E-state index >= 15 is 0 Å². The topological polar surface area (TPSA) is 105 Å². The molecule has 0 heterocycles. The number of phosphoric acid groups is 1. The third-order valence-corrected chi connectivity index (χ3v) is 11.0. The molecule has 0 saturated carbocycles. The predicted octanol–water partition coefficient (Wildman–Crippen LogP) is 12.9. The summed E-state index contributed by atoms with van der Waals surface area (Å²) in [5.74, 6) is -0.222. The number of hydrogen-bond acceptors (Lipinski definition) is 5. The number of likely N-dealkylation sites (N-methyl/N-ethyl adjacent to an activating group) is 1. The molecule has 0 fully saturated rings. The van der Waals surface area contributed by atoms with Gasteiger partial charge in [-0.25, -0.2) is 4.57 Å². The molecule has 0 aromatic heterocycles. The molecule has 0 spiro atoms. The lowest BCUT2D eigenvalue weighted by atomic mass is 10.0. The van der Waals surface area contributed by atoms with Gasteiger partial charge in [0.2, 0.25) is 5.91 Å². The summed E-state index contributed by atoms with van der Waals surface area (Å²) in [4.78, 5) is 23.1. The highest BCUT2D eigenvalue weighted by Crippen LogP contribution is 2.43. The van der Waals surface area contributed by atoms with E-state index in [1.54, 1.807) is 6.08 Å². The van der Waals surface area contributed by atoms with Crippen molar-refractivity contribution in [2.45, 2.75) is 206 Å². The van der Waals surface area contributed by atoms with Gasteiger partial charge in [0.15, 0.2) is 0 Å². The van der Waals surface area contributed by atoms with E-state index < -0.39 is 20.0 Å². The highest BCUT2D eigenvalue weighted by molar-refractivity contribution is 7.47. The van der Waals surface area contributed by atoms with Crippen LogP contribution in [0.2, 0.25) is 0 Å². The summed E-state index contributed by atoms with van der Waals surface area (Å²) in [7, 11) is 1.54. The van der Waals surface area contributed by atoms with Gasteiger partial charge >= 0.3 is 7.82 Å². The highest BCUT2D eigenvalue weighted by Gasteiger charge is 2.27. The number of quaternary nitrogens is 1. The third-order valence-electron chi connectivity index (χ3n) is 9.97. The van der Waals surface area contributed by atoms with Gasteiger partial charge in [-0.1, -0.05) is 165 Å². The Kier molecular flexibility index (Phi) is 37.9. The van der Waals surface area contributed by atoms with Gasteiger partial charge < -0.3 is 19.8 Å². The van der Waals surface area contributed by atoms with Crippen LogP contribution in [-0.2, 0) is 18.4 Å². The van der Waals surface area contributed by atoms with Crippen LogP contribution < -0.4 is 5.32 Å². The van der Waals surface area contributed by atoms with Crippen LogP contribution in [0, 0.1) is 0 Å². The summed E-state index contributed by atoms with van der Waals surface area (Å²) in [6.45, 7) is 4.72. The average Bonchev–Trinajstić information content (AvgIpc) is 3.15. The second-order valence-corrected chi connectivity index (χ2v) is 18.2. The minimum atomic E-state index is -4.35. The highest BCUT2D eigenvalue weighted by atomic mass is 31.2. The van der Waals surface area contributed by atoms with Gasteiger partial charge in [-0.3, -0.25) is 13.8 Å². The molecule has 3 N–H and O–H groups in total. The monoisotopic (exact) mass is 810 g/mol. The fourth-order valence-corrected chi connectivity index (χ4v) is 7.03. The molecular formula is C47H90N2O6P+. The van der Waals surface area contributed by atoms with Crippen LogP contribution in [0.15, 0.2) is 48.6 Å². The lowest BCUT2D eigenvalue weighted by Crippen LogP contribution is -2.45. The van der Waals surface area contributed by atoms with Crippen LogP contribution in [0.5, 0.6) is 0 Å². The molecular weight excluding hydrogens is 719 g/mol. The first-order valence-electron chi connectivity index (χ1n) is 23.0. The van der Waals surface area contributed by atoms with Crippen molar-refractivity contribution in [2.24, 2.45) is 0 Å². The van der Waals surface area contributed by atoms with Crippen molar-refractivity contribution < 1.29 is 32.9 Å². The third kappa shape index (κ3) is 40.6. The number of carbonyl (C=O) groups excluding carboxylic acids is 1. The number of rotatable bonds is 41. The van der Waals surface area contributed by atoms with Crippen LogP contribution in [0.3, 0.4) is 0 Å². The number of hydrogen-bond donors (Lipinski definition) is 3. The van der Waals surface area contributed by atoms with Crippen molar-refractivity contribution in [3.63, 3.8) is 0 Å². The van der Waals surface area contributed by atoms with Crippen molar-refractivity contribution in [2.75, 3.05) is 40.9 Å². The van der Waals surface area contributed by atoms with Crippen LogP contribution in [0.25, 0.3) is 0 Å². The van der Waals surface area contributed by atoms with Crippen LogP contribution in [0.1, 0.15) is 194 Å². The molecule has 0 aromatic rings. The minimum Gasteiger partial charge on any atom is -0.387 e. The van der Waals surface area contributed by atoms with Crippen molar-refractivity contribution >= 4 is 13.7 Å². The molecule has 0 bridgehead atoms. The Morgan fingerprint density at radius 3 is 1.50 bits per heavy atom. The Labute approximate surface area is 346 Å². The lowest BCUT2D eigenvalue weighted by molar-refractivity contribution is -0.870. The molecule has 56 heavy (non-hydrogen) atoms. The number of unbranched alkanes of at least 4 members (excludes halogenated alkanes) is 22. The van der Waals surface area contributed by atoms with E-state index in [-0.39, 0.29) is 19.1 Å². The fraction of sp³-hybridized carbons (Fsp3) is 0.809. The molecule has 0 aromatic carbocycles. The predicted molar refractivity (Wildman–Crippen MR) is 240 cm³/mol. The summed E-state index contributed by atoms with van der Waals surface area (Å²) in [6.07, 6.45) is 49.1. The van der Waals surface area contributed by atoms with Gasteiger partial charge in [0.25, 0.3) is 0 Å². The minimum absolute atomic E-state index is 0.0516. The number of nitrogens with one attached hydrogen (secondary N) is 1. The summed E-state index contributed by atoms with van der Waals surface area (Å²) < 4.78 is 23.5. The average molecular weight is 810 g/mol. The van der Waals surface area contributed by atoms with Crippen LogP contribution >= 0.6 is 7.82 Å². The molecule has 0 saturated heterocycles. The Bertz CT molecular complexity index is 1050. The van der Waals surface area contributed by atoms with E-state index in [2.05, 4.69) is 55.6 Å². The maximum Gasteiger partial charge on any atom is 0.472 e. The Morgan fingerprint density at radius 1 is 0.589 bits per heavy atom. The first kappa shape index (κ1) is 54.5. The van der Waals surface area contributed by atoms with E-state index in [0.29, 0.717) is 23.9 Å². The van der Waals surface area contributed by atoms with E-state index in [1.165, 1.54) is 128 Å². The molecule has 8 nitrogen and oxygen atoms in total. The molecule has 0 rings (SSSR count). The first-order valence-corrected chi connectivity index (χ1v) is 24.5. The summed E-state index contributed by atoms with van der Waals surface area (Å²) in [5, 5.41) is 13.8. The van der Waals surface area contributed by atoms with Crippen molar-refractivity contribution in [1.82, 2.24) is 5.32 Å². The molecule has 0 aliphatic heterocycles. The first-order chi connectivity index (χ1) is 27.0.